The zero-order chi connectivity index (χ0) is 20.8. The van der Waals surface area contributed by atoms with Crippen molar-refractivity contribution in [2.24, 2.45) is 0 Å². The Morgan fingerprint density at radius 3 is 2.66 bits per heavy atom. The van der Waals surface area contributed by atoms with Gasteiger partial charge in [0.15, 0.2) is 0 Å². The van der Waals surface area contributed by atoms with E-state index in [1.54, 1.807) is 19.3 Å². The highest BCUT2D eigenvalue weighted by atomic mass is 32.2. The van der Waals surface area contributed by atoms with Gasteiger partial charge in [0.1, 0.15) is 5.75 Å². The van der Waals surface area contributed by atoms with E-state index in [1.807, 2.05) is 49.4 Å². The van der Waals surface area contributed by atoms with Crippen LogP contribution in [0.3, 0.4) is 0 Å². The first-order valence-electron chi connectivity index (χ1n) is 9.18. The fourth-order valence-electron chi connectivity index (χ4n) is 2.84. The van der Waals surface area contributed by atoms with Crippen LogP contribution in [0.5, 0.6) is 5.75 Å². The quantitative estimate of drug-likeness (QED) is 0.708. The number of nitrogens with one attached hydrogen (secondary N) is 1. The molecular formula is C22H22N2O4S. The summed E-state index contributed by atoms with van der Waals surface area (Å²) in [6.45, 7) is 2.33. The highest BCUT2D eigenvalue weighted by Crippen LogP contribution is 2.31. The Labute approximate surface area is 173 Å². The summed E-state index contributed by atoms with van der Waals surface area (Å²) in [6, 6.07) is 15.0. The smallest absolute Gasteiger partial charge is 0.293 e. The second-order valence-corrected chi connectivity index (χ2v) is 7.62. The fraction of sp³-hybridized carbons (Fsp3) is 0.227. The summed E-state index contributed by atoms with van der Waals surface area (Å²) < 4.78 is 5.15. The lowest BCUT2D eigenvalue weighted by Gasteiger charge is -2.13. The van der Waals surface area contributed by atoms with E-state index in [0.717, 1.165) is 33.4 Å². The molecule has 150 valence electrons. The van der Waals surface area contributed by atoms with E-state index in [2.05, 4.69) is 5.32 Å². The first kappa shape index (κ1) is 20.7. The van der Waals surface area contributed by atoms with Gasteiger partial charge in [0, 0.05) is 13.1 Å². The molecule has 0 unspecified atom stereocenters. The Hall–Kier alpha value is -3.06. The number of methoxy groups -OCH3 is 1. The lowest BCUT2D eigenvalue weighted by atomic mass is 10.1. The van der Waals surface area contributed by atoms with Crippen LogP contribution in [-0.4, -0.2) is 42.2 Å². The van der Waals surface area contributed by atoms with Gasteiger partial charge >= 0.3 is 0 Å². The van der Waals surface area contributed by atoms with E-state index in [0.29, 0.717) is 10.7 Å². The first-order valence-corrected chi connectivity index (χ1v) is 9.99. The standard InChI is InChI=1S/C22H22N2O4S/c1-15-6-8-16(9-7-15)13-19-21(26)24(22(27)29-19)11-10-23-20(25)14-17-4-3-5-18(12-17)28-2/h3-9,12-13H,10-11,14H2,1-2H3,(H,23,25)/b19-13-. The van der Waals surface area contributed by atoms with Crippen molar-refractivity contribution in [2.75, 3.05) is 20.2 Å². The number of amides is 3. The van der Waals surface area contributed by atoms with Crippen molar-refractivity contribution < 1.29 is 19.1 Å². The average molecular weight is 410 g/mol. The SMILES string of the molecule is COc1cccc(CC(=O)NCCN2C(=O)S/C(=C\c3ccc(C)cc3)C2=O)c1. The molecule has 0 saturated carbocycles. The highest BCUT2D eigenvalue weighted by Gasteiger charge is 2.34. The molecule has 1 saturated heterocycles. The number of aryl methyl sites for hydroxylation is 1. The van der Waals surface area contributed by atoms with Gasteiger partial charge in [-0.3, -0.25) is 19.3 Å². The largest absolute Gasteiger partial charge is 0.497 e. The summed E-state index contributed by atoms with van der Waals surface area (Å²) in [4.78, 5) is 38.4. The Morgan fingerprint density at radius 2 is 1.93 bits per heavy atom. The van der Waals surface area contributed by atoms with Crippen LogP contribution in [0, 0.1) is 6.92 Å². The van der Waals surface area contributed by atoms with Crippen molar-refractivity contribution in [1.29, 1.82) is 0 Å². The summed E-state index contributed by atoms with van der Waals surface area (Å²) in [5.74, 6) is 0.177. The number of imide groups is 1. The molecule has 0 spiro atoms. The normalized spacial score (nSPS) is 15.1. The van der Waals surface area contributed by atoms with Gasteiger partial charge in [-0.15, -0.1) is 0 Å². The molecule has 0 bridgehead atoms. The predicted octanol–water partition coefficient (Wildman–Crippen LogP) is 3.40. The summed E-state index contributed by atoms with van der Waals surface area (Å²) in [5, 5.41) is 2.43. The van der Waals surface area contributed by atoms with Gasteiger partial charge in [0.2, 0.25) is 5.91 Å². The molecule has 0 aromatic heterocycles. The molecule has 6 nitrogen and oxygen atoms in total. The molecule has 0 radical (unpaired) electrons. The third-order valence-corrected chi connectivity index (χ3v) is 5.31. The molecule has 3 rings (SSSR count). The molecule has 0 atom stereocenters. The van der Waals surface area contributed by atoms with Crippen molar-refractivity contribution in [1.82, 2.24) is 10.2 Å². The number of benzene rings is 2. The van der Waals surface area contributed by atoms with E-state index in [1.165, 1.54) is 0 Å². The number of carbonyl (C=O) groups excluding carboxylic acids is 3. The van der Waals surface area contributed by atoms with E-state index >= 15 is 0 Å². The number of rotatable bonds is 7. The summed E-state index contributed by atoms with van der Waals surface area (Å²) in [5.41, 5.74) is 2.82. The molecule has 1 fully saturated rings. The van der Waals surface area contributed by atoms with Crippen LogP contribution >= 0.6 is 11.8 Å². The average Bonchev–Trinajstić information content (AvgIpc) is 2.97. The molecule has 3 amide bonds. The minimum atomic E-state index is -0.331. The maximum Gasteiger partial charge on any atom is 0.293 e. The molecule has 1 aliphatic heterocycles. The summed E-state index contributed by atoms with van der Waals surface area (Å²) >= 11 is 0.918. The number of hydrogen-bond donors (Lipinski definition) is 1. The summed E-state index contributed by atoms with van der Waals surface area (Å²) in [7, 11) is 1.57. The fourth-order valence-corrected chi connectivity index (χ4v) is 3.71. The Morgan fingerprint density at radius 1 is 1.17 bits per heavy atom. The predicted molar refractivity (Wildman–Crippen MR) is 114 cm³/mol. The van der Waals surface area contributed by atoms with Gasteiger partial charge in [-0.1, -0.05) is 42.0 Å². The van der Waals surface area contributed by atoms with Crippen LogP contribution in [0.4, 0.5) is 4.79 Å². The van der Waals surface area contributed by atoms with Crippen molar-refractivity contribution in [3.05, 3.63) is 70.1 Å². The first-order chi connectivity index (χ1) is 14.0. The van der Waals surface area contributed by atoms with Gasteiger partial charge in [0.25, 0.3) is 11.1 Å². The van der Waals surface area contributed by atoms with Crippen LogP contribution in [0.2, 0.25) is 0 Å². The monoisotopic (exact) mass is 410 g/mol. The van der Waals surface area contributed by atoms with Crippen molar-refractivity contribution >= 4 is 34.9 Å². The second-order valence-electron chi connectivity index (χ2n) is 6.62. The zero-order valence-electron chi connectivity index (χ0n) is 16.3. The van der Waals surface area contributed by atoms with E-state index < -0.39 is 0 Å². The Balaban J connectivity index is 1.52. The molecule has 0 aliphatic carbocycles. The maximum atomic E-state index is 12.5. The molecule has 2 aromatic rings. The van der Waals surface area contributed by atoms with Gasteiger partial charge < -0.3 is 10.1 Å². The number of nitrogens with zero attached hydrogens (tertiary/aromatic N) is 1. The van der Waals surface area contributed by atoms with Gasteiger partial charge in [0.05, 0.1) is 18.4 Å². The van der Waals surface area contributed by atoms with Crippen LogP contribution in [0.15, 0.2) is 53.4 Å². The van der Waals surface area contributed by atoms with Gasteiger partial charge in [-0.05, 0) is 48.0 Å². The molecule has 29 heavy (non-hydrogen) atoms. The van der Waals surface area contributed by atoms with E-state index in [9.17, 15) is 14.4 Å². The molecule has 1 aliphatic rings. The molecule has 1 heterocycles. The van der Waals surface area contributed by atoms with Crippen LogP contribution in [-0.2, 0) is 16.0 Å². The van der Waals surface area contributed by atoms with E-state index in [-0.39, 0.29) is 36.6 Å². The lowest BCUT2D eigenvalue weighted by molar-refractivity contribution is -0.124. The summed E-state index contributed by atoms with van der Waals surface area (Å²) in [6.07, 6.45) is 1.91. The Bertz CT molecular complexity index is 954. The van der Waals surface area contributed by atoms with Gasteiger partial charge in [-0.2, -0.15) is 0 Å². The number of ether oxygens (including phenoxy) is 1. The molecular weight excluding hydrogens is 388 g/mol. The van der Waals surface area contributed by atoms with Crippen molar-refractivity contribution in [3.63, 3.8) is 0 Å². The van der Waals surface area contributed by atoms with Crippen molar-refractivity contribution in [3.8, 4) is 5.75 Å². The van der Waals surface area contributed by atoms with Crippen molar-refractivity contribution in [2.45, 2.75) is 13.3 Å². The molecule has 1 N–H and O–H groups in total. The van der Waals surface area contributed by atoms with E-state index in [4.69, 9.17) is 4.74 Å². The topological polar surface area (TPSA) is 75.7 Å². The van der Waals surface area contributed by atoms with Crippen LogP contribution in [0.1, 0.15) is 16.7 Å². The second kappa shape index (κ2) is 9.43. The Kier molecular flexibility index (Phi) is 6.72. The zero-order valence-corrected chi connectivity index (χ0v) is 17.1. The minimum Gasteiger partial charge on any atom is -0.497 e. The molecule has 2 aromatic carbocycles. The third kappa shape index (κ3) is 5.48. The van der Waals surface area contributed by atoms with Crippen LogP contribution < -0.4 is 10.1 Å². The minimum absolute atomic E-state index is 0.139. The lowest BCUT2D eigenvalue weighted by Crippen LogP contribution is -2.37. The molecule has 7 heteroatoms. The number of hydrogen-bond acceptors (Lipinski definition) is 5. The third-order valence-electron chi connectivity index (χ3n) is 4.41. The highest BCUT2D eigenvalue weighted by molar-refractivity contribution is 8.18. The van der Waals surface area contributed by atoms with Crippen LogP contribution in [0.25, 0.3) is 6.08 Å². The van der Waals surface area contributed by atoms with Gasteiger partial charge in [-0.25, -0.2) is 0 Å². The number of thioether (sulfide) groups is 1. The number of carbonyl (C=O) groups is 3. The maximum absolute atomic E-state index is 12.5.